The second kappa shape index (κ2) is 8.74. The third kappa shape index (κ3) is 5.35. The molecule has 1 N–H and O–H groups in total. The summed E-state index contributed by atoms with van der Waals surface area (Å²) in [5.74, 6) is -0.411. The van der Waals surface area contributed by atoms with Gasteiger partial charge in [-0.2, -0.15) is 9.41 Å². The number of carbonyl (C=O) groups is 1. The normalized spacial score (nSPS) is 11.7. The van der Waals surface area contributed by atoms with Gasteiger partial charge in [0.2, 0.25) is 10.0 Å². The Hall–Kier alpha value is -2.78. The van der Waals surface area contributed by atoms with E-state index in [9.17, 15) is 17.6 Å². The van der Waals surface area contributed by atoms with Crippen molar-refractivity contribution in [3.63, 3.8) is 0 Å². The molecule has 0 atom stereocenters. The highest BCUT2D eigenvalue weighted by Gasteiger charge is 2.23. The van der Waals surface area contributed by atoms with Gasteiger partial charge >= 0.3 is 0 Å². The second-order valence-electron chi connectivity index (χ2n) is 5.74. The molecule has 0 aliphatic carbocycles. The Kier molecular flexibility index (Phi) is 6.65. The van der Waals surface area contributed by atoms with Crippen LogP contribution in [0.1, 0.15) is 11.1 Å². The van der Waals surface area contributed by atoms with Crippen LogP contribution in [0, 0.1) is 12.7 Å². The summed E-state index contributed by atoms with van der Waals surface area (Å²) in [7, 11) is -1.04. The molecule has 2 aromatic rings. The number of likely N-dealkylation sites (N-methyl/N-ethyl adjacent to an activating group) is 1. The summed E-state index contributed by atoms with van der Waals surface area (Å²) >= 11 is 0. The van der Waals surface area contributed by atoms with Crippen molar-refractivity contribution >= 4 is 22.1 Å². The van der Waals surface area contributed by atoms with E-state index in [1.807, 2.05) is 0 Å². The van der Waals surface area contributed by atoms with Crippen LogP contribution in [0.25, 0.3) is 0 Å². The second-order valence-corrected chi connectivity index (χ2v) is 7.78. The van der Waals surface area contributed by atoms with Gasteiger partial charge in [-0.15, -0.1) is 0 Å². The quantitative estimate of drug-likeness (QED) is 0.575. The lowest BCUT2D eigenvalue weighted by atomic mass is 10.2. The topological polar surface area (TPSA) is 88.1 Å². The molecule has 0 radical (unpaired) electrons. The number of nitrogens with one attached hydrogen (secondary N) is 1. The Morgan fingerprint density at radius 3 is 2.52 bits per heavy atom. The molecule has 27 heavy (non-hydrogen) atoms. The van der Waals surface area contributed by atoms with Gasteiger partial charge in [0.15, 0.2) is 0 Å². The van der Waals surface area contributed by atoms with Crippen molar-refractivity contribution in [1.82, 2.24) is 9.73 Å². The molecular formula is C18H20FN3O4S. The number of hydrogen-bond donors (Lipinski definition) is 1. The number of halogens is 1. The summed E-state index contributed by atoms with van der Waals surface area (Å²) in [4.78, 5) is 12.0. The Morgan fingerprint density at radius 2 is 1.93 bits per heavy atom. The predicted octanol–water partition coefficient (Wildman–Crippen LogP) is 1.91. The van der Waals surface area contributed by atoms with Gasteiger partial charge in [0.1, 0.15) is 11.6 Å². The van der Waals surface area contributed by atoms with Gasteiger partial charge in [-0.05, 0) is 48.4 Å². The van der Waals surface area contributed by atoms with Crippen LogP contribution >= 0.6 is 0 Å². The molecule has 7 nitrogen and oxygen atoms in total. The van der Waals surface area contributed by atoms with Crippen LogP contribution in [0.15, 0.2) is 52.5 Å². The van der Waals surface area contributed by atoms with Gasteiger partial charge in [-0.25, -0.2) is 18.2 Å². The molecule has 2 aromatic carbocycles. The van der Waals surface area contributed by atoms with Crippen LogP contribution in [-0.2, 0) is 14.8 Å². The number of methoxy groups -OCH3 is 1. The van der Waals surface area contributed by atoms with E-state index in [0.29, 0.717) is 16.9 Å². The molecule has 0 heterocycles. The van der Waals surface area contributed by atoms with Gasteiger partial charge in [0.25, 0.3) is 5.91 Å². The number of nitrogens with zero attached hydrogens (tertiary/aromatic N) is 2. The van der Waals surface area contributed by atoms with E-state index < -0.39 is 22.5 Å². The van der Waals surface area contributed by atoms with Crippen molar-refractivity contribution in [2.75, 3.05) is 20.7 Å². The fourth-order valence-electron chi connectivity index (χ4n) is 2.24. The Labute approximate surface area is 157 Å². The number of hydrazone groups is 1. The van der Waals surface area contributed by atoms with Crippen LogP contribution in [-0.4, -0.2) is 45.5 Å². The summed E-state index contributed by atoms with van der Waals surface area (Å²) in [6, 6.07) is 9.97. The monoisotopic (exact) mass is 393 g/mol. The van der Waals surface area contributed by atoms with Crippen molar-refractivity contribution in [1.29, 1.82) is 0 Å². The van der Waals surface area contributed by atoms with Crippen molar-refractivity contribution < 1.29 is 22.3 Å². The zero-order valence-electron chi connectivity index (χ0n) is 15.1. The van der Waals surface area contributed by atoms with E-state index in [4.69, 9.17) is 4.74 Å². The minimum absolute atomic E-state index is 0.0610. The zero-order valence-corrected chi connectivity index (χ0v) is 16.0. The van der Waals surface area contributed by atoms with Gasteiger partial charge in [0.05, 0.1) is 24.8 Å². The molecule has 0 aliphatic heterocycles. The SMILES string of the molecule is COc1ccc(S(=O)(=O)N(C)CC(=O)N/N=C/c2ccc(F)cc2)cc1C. The molecule has 144 valence electrons. The lowest BCUT2D eigenvalue weighted by Crippen LogP contribution is -2.36. The van der Waals surface area contributed by atoms with Gasteiger partial charge in [0, 0.05) is 7.05 Å². The number of sulfonamides is 1. The molecule has 0 spiro atoms. The average Bonchev–Trinajstić information content (AvgIpc) is 2.63. The van der Waals surface area contributed by atoms with Crippen molar-refractivity contribution in [2.24, 2.45) is 5.10 Å². The molecule has 0 aliphatic rings. The van der Waals surface area contributed by atoms with E-state index >= 15 is 0 Å². The Bertz CT molecular complexity index is 944. The number of aryl methyl sites for hydroxylation is 1. The third-order valence-corrected chi connectivity index (χ3v) is 5.51. The summed E-state index contributed by atoms with van der Waals surface area (Å²) in [5, 5.41) is 3.73. The lowest BCUT2D eigenvalue weighted by molar-refractivity contribution is -0.121. The van der Waals surface area contributed by atoms with Gasteiger partial charge < -0.3 is 4.74 Å². The van der Waals surface area contributed by atoms with E-state index in [0.717, 1.165) is 4.31 Å². The zero-order chi connectivity index (χ0) is 20.0. The molecule has 9 heteroatoms. The number of ether oxygens (including phenoxy) is 1. The standard InChI is InChI=1S/C18H20FN3O4S/c1-13-10-16(8-9-17(13)26-3)27(24,25)22(2)12-18(23)21-20-11-14-4-6-15(19)7-5-14/h4-11H,12H2,1-3H3,(H,21,23)/b20-11+. The van der Waals surface area contributed by atoms with Crippen LogP contribution < -0.4 is 10.2 Å². The molecular weight excluding hydrogens is 373 g/mol. The highest BCUT2D eigenvalue weighted by atomic mass is 32.2. The maximum atomic E-state index is 12.8. The fourth-order valence-corrected chi connectivity index (χ4v) is 3.45. The van der Waals surface area contributed by atoms with Crippen LogP contribution in [0.4, 0.5) is 4.39 Å². The largest absolute Gasteiger partial charge is 0.496 e. The molecule has 1 amide bonds. The lowest BCUT2D eigenvalue weighted by Gasteiger charge is -2.17. The molecule has 0 aromatic heterocycles. The highest BCUT2D eigenvalue weighted by molar-refractivity contribution is 7.89. The van der Waals surface area contributed by atoms with E-state index in [2.05, 4.69) is 10.5 Å². The number of rotatable bonds is 7. The summed E-state index contributed by atoms with van der Waals surface area (Å²) in [6.45, 7) is 1.32. The minimum Gasteiger partial charge on any atom is -0.496 e. The Morgan fingerprint density at radius 1 is 1.26 bits per heavy atom. The van der Waals surface area contributed by atoms with E-state index in [-0.39, 0.29) is 10.7 Å². The fraction of sp³-hybridized carbons (Fsp3) is 0.222. The maximum absolute atomic E-state index is 12.8. The number of amides is 1. The maximum Gasteiger partial charge on any atom is 0.255 e. The first kappa shape index (κ1) is 20.5. The van der Waals surface area contributed by atoms with Crippen molar-refractivity contribution in [3.8, 4) is 5.75 Å². The first-order valence-corrected chi connectivity index (χ1v) is 9.36. The summed E-state index contributed by atoms with van der Waals surface area (Å²) < 4.78 is 44.0. The third-order valence-electron chi connectivity index (χ3n) is 3.71. The highest BCUT2D eigenvalue weighted by Crippen LogP contribution is 2.23. The summed E-state index contributed by atoms with van der Waals surface area (Å²) in [6.07, 6.45) is 1.33. The molecule has 2 rings (SSSR count). The molecule has 0 fully saturated rings. The molecule has 0 saturated carbocycles. The number of benzene rings is 2. The van der Waals surface area contributed by atoms with Gasteiger partial charge in [-0.3, -0.25) is 4.79 Å². The van der Waals surface area contributed by atoms with E-state index in [1.165, 1.54) is 56.8 Å². The van der Waals surface area contributed by atoms with Crippen molar-refractivity contribution in [3.05, 3.63) is 59.4 Å². The van der Waals surface area contributed by atoms with Crippen LogP contribution in [0.3, 0.4) is 0 Å². The minimum atomic E-state index is -3.84. The van der Waals surface area contributed by atoms with Crippen LogP contribution in [0.2, 0.25) is 0 Å². The van der Waals surface area contributed by atoms with E-state index in [1.54, 1.807) is 13.0 Å². The first-order valence-electron chi connectivity index (χ1n) is 7.92. The molecule has 0 bridgehead atoms. The first-order chi connectivity index (χ1) is 12.7. The predicted molar refractivity (Wildman–Crippen MR) is 99.7 cm³/mol. The summed E-state index contributed by atoms with van der Waals surface area (Å²) in [5.41, 5.74) is 3.50. The smallest absolute Gasteiger partial charge is 0.255 e. The van der Waals surface area contributed by atoms with Crippen molar-refractivity contribution in [2.45, 2.75) is 11.8 Å². The van der Waals surface area contributed by atoms with Gasteiger partial charge in [-0.1, -0.05) is 12.1 Å². The molecule has 0 saturated heterocycles. The van der Waals surface area contributed by atoms with Crippen LogP contribution in [0.5, 0.6) is 5.75 Å². The number of carbonyl (C=O) groups excluding carboxylic acids is 1. The average molecular weight is 393 g/mol. The number of hydrogen-bond acceptors (Lipinski definition) is 5. The molecule has 0 unspecified atom stereocenters. The Balaban J connectivity index is 2.00.